The van der Waals surface area contributed by atoms with Crippen molar-refractivity contribution in [1.29, 1.82) is 5.26 Å². The van der Waals surface area contributed by atoms with Crippen LogP contribution in [0.1, 0.15) is 30.0 Å². The zero-order chi connectivity index (χ0) is 9.80. The molecule has 1 fully saturated rings. The highest BCUT2D eigenvalue weighted by Crippen LogP contribution is 2.23. The Hall–Kier alpha value is -1.33. The van der Waals surface area contributed by atoms with Crippen molar-refractivity contribution >= 4 is 0 Å². The summed E-state index contributed by atoms with van der Waals surface area (Å²) in [6, 6.07) is 11.0. The number of hydrogen-bond donors (Lipinski definition) is 1. The molecule has 0 bridgehead atoms. The number of hydrogen-bond acceptors (Lipinski definition) is 2. The van der Waals surface area contributed by atoms with Crippen LogP contribution in [-0.4, -0.2) is 6.54 Å². The normalized spacial score (nSPS) is 20.6. The van der Waals surface area contributed by atoms with E-state index in [-0.39, 0.29) is 0 Å². The Morgan fingerprint density at radius 1 is 1.50 bits per heavy atom. The minimum absolute atomic E-state index is 0.508. The molecule has 1 N–H and O–H groups in total. The fourth-order valence-corrected chi connectivity index (χ4v) is 1.98. The summed E-state index contributed by atoms with van der Waals surface area (Å²) in [7, 11) is 0. The van der Waals surface area contributed by atoms with Gasteiger partial charge in [0.05, 0.1) is 12.5 Å². The van der Waals surface area contributed by atoms with Gasteiger partial charge in [-0.25, -0.2) is 0 Å². The average Bonchev–Trinajstić information content (AvgIpc) is 2.71. The maximum Gasteiger partial charge on any atom is 0.0669 e. The van der Waals surface area contributed by atoms with Gasteiger partial charge in [-0.05, 0) is 30.5 Å². The fraction of sp³-hybridized carbons (Fsp3) is 0.417. The van der Waals surface area contributed by atoms with Gasteiger partial charge in [0.25, 0.3) is 0 Å². The van der Waals surface area contributed by atoms with E-state index in [1.54, 1.807) is 0 Å². The Morgan fingerprint density at radius 2 is 2.43 bits per heavy atom. The molecule has 0 aliphatic carbocycles. The van der Waals surface area contributed by atoms with E-state index in [1.807, 2.05) is 12.1 Å². The van der Waals surface area contributed by atoms with Crippen molar-refractivity contribution in [1.82, 2.24) is 5.32 Å². The van der Waals surface area contributed by atoms with Crippen LogP contribution in [-0.2, 0) is 6.42 Å². The first-order chi connectivity index (χ1) is 6.90. The van der Waals surface area contributed by atoms with Gasteiger partial charge in [-0.15, -0.1) is 0 Å². The smallest absolute Gasteiger partial charge is 0.0669 e. The topological polar surface area (TPSA) is 35.8 Å². The molecule has 1 atom stereocenters. The van der Waals surface area contributed by atoms with Crippen LogP contribution in [0.3, 0.4) is 0 Å². The number of nitrogens with one attached hydrogen (secondary N) is 1. The lowest BCUT2D eigenvalue weighted by atomic mass is 10.0. The van der Waals surface area contributed by atoms with Crippen molar-refractivity contribution in [3.63, 3.8) is 0 Å². The predicted molar refractivity (Wildman–Crippen MR) is 55.7 cm³/mol. The third-order valence-corrected chi connectivity index (χ3v) is 2.70. The number of nitrogens with zero attached hydrogens (tertiary/aromatic N) is 1. The third-order valence-electron chi connectivity index (χ3n) is 2.70. The SMILES string of the molecule is N#CCc1cccc([C@@H]2CCCN2)c1. The van der Waals surface area contributed by atoms with E-state index in [2.05, 4.69) is 23.5 Å². The molecule has 0 spiro atoms. The van der Waals surface area contributed by atoms with Crippen LogP contribution >= 0.6 is 0 Å². The van der Waals surface area contributed by atoms with E-state index in [0.29, 0.717) is 12.5 Å². The third kappa shape index (κ3) is 1.94. The second-order valence-corrected chi connectivity index (χ2v) is 3.73. The molecule has 1 aromatic rings. The summed E-state index contributed by atoms with van der Waals surface area (Å²) in [5.74, 6) is 0. The van der Waals surface area contributed by atoms with Crippen LogP contribution in [0.4, 0.5) is 0 Å². The molecule has 1 heterocycles. The molecule has 2 rings (SSSR count). The zero-order valence-corrected chi connectivity index (χ0v) is 8.16. The molecule has 2 heteroatoms. The molecule has 1 aromatic carbocycles. The summed E-state index contributed by atoms with van der Waals surface area (Å²) < 4.78 is 0. The van der Waals surface area contributed by atoms with Gasteiger partial charge >= 0.3 is 0 Å². The lowest BCUT2D eigenvalue weighted by Gasteiger charge is -2.10. The molecule has 0 aromatic heterocycles. The van der Waals surface area contributed by atoms with Gasteiger partial charge in [-0.3, -0.25) is 0 Å². The van der Waals surface area contributed by atoms with Crippen LogP contribution in [0.2, 0.25) is 0 Å². The Bertz CT molecular complexity index is 346. The number of benzene rings is 1. The maximum absolute atomic E-state index is 8.61. The monoisotopic (exact) mass is 186 g/mol. The molecule has 0 saturated carbocycles. The van der Waals surface area contributed by atoms with Crippen LogP contribution < -0.4 is 5.32 Å². The highest BCUT2D eigenvalue weighted by Gasteiger charge is 2.15. The van der Waals surface area contributed by atoms with Crippen molar-refractivity contribution in [3.05, 3.63) is 35.4 Å². The average molecular weight is 186 g/mol. The van der Waals surface area contributed by atoms with Crippen LogP contribution in [0.25, 0.3) is 0 Å². The molecule has 0 unspecified atom stereocenters. The van der Waals surface area contributed by atoms with E-state index in [9.17, 15) is 0 Å². The quantitative estimate of drug-likeness (QED) is 0.768. The van der Waals surface area contributed by atoms with E-state index in [0.717, 1.165) is 12.1 Å². The minimum atomic E-state index is 0.508. The standard InChI is InChI=1S/C12H14N2/c13-7-6-10-3-1-4-11(9-10)12-5-2-8-14-12/h1,3-4,9,12,14H,2,5-6,8H2/t12-/m0/s1. The van der Waals surface area contributed by atoms with Gasteiger partial charge in [0.2, 0.25) is 0 Å². The predicted octanol–water partition coefficient (Wildman–Crippen LogP) is 2.18. The first-order valence-corrected chi connectivity index (χ1v) is 5.09. The number of rotatable bonds is 2. The molecule has 1 aliphatic rings. The Labute approximate surface area is 84.6 Å². The number of nitriles is 1. The van der Waals surface area contributed by atoms with Crippen molar-refractivity contribution in [2.45, 2.75) is 25.3 Å². The van der Waals surface area contributed by atoms with Gasteiger partial charge in [-0.2, -0.15) is 5.26 Å². The van der Waals surface area contributed by atoms with Gasteiger partial charge in [0.15, 0.2) is 0 Å². The second kappa shape index (κ2) is 4.26. The van der Waals surface area contributed by atoms with Gasteiger partial charge in [-0.1, -0.05) is 24.3 Å². The van der Waals surface area contributed by atoms with Crippen LogP contribution in [0, 0.1) is 11.3 Å². The van der Waals surface area contributed by atoms with Crippen LogP contribution in [0.5, 0.6) is 0 Å². The van der Waals surface area contributed by atoms with Gasteiger partial charge < -0.3 is 5.32 Å². The minimum Gasteiger partial charge on any atom is -0.310 e. The van der Waals surface area contributed by atoms with Crippen molar-refractivity contribution in [2.24, 2.45) is 0 Å². The Kier molecular flexibility index (Phi) is 2.81. The van der Waals surface area contributed by atoms with Gasteiger partial charge in [0, 0.05) is 6.04 Å². The van der Waals surface area contributed by atoms with E-state index < -0.39 is 0 Å². The second-order valence-electron chi connectivity index (χ2n) is 3.73. The van der Waals surface area contributed by atoms with Crippen LogP contribution in [0.15, 0.2) is 24.3 Å². The first kappa shape index (κ1) is 9.23. The first-order valence-electron chi connectivity index (χ1n) is 5.09. The molecule has 1 saturated heterocycles. The molecule has 2 nitrogen and oxygen atoms in total. The molecule has 1 aliphatic heterocycles. The highest BCUT2D eigenvalue weighted by molar-refractivity contribution is 5.28. The summed E-state index contributed by atoms with van der Waals surface area (Å²) in [4.78, 5) is 0. The fourth-order valence-electron chi connectivity index (χ4n) is 1.98. The summed E-state index contributed by atoms with van der Waals surface area (Å²) in [6.07, 6.45) is 2.99. The largest absolute Gasteiger partial charge is 0.310 e. The zero-order valence-electron chi connectivity index (χ0n) is 8.16. The molecular weight excluding hydrogens is 172 g/mol. The molecular formula is C12H14N2. The Morgan fingerprint density at radius 3 is 3.14 bits per heavy atom. The van der Waals surface area contributed by atoms with Gasteiger partial charge in [0.1, 0.15) is 0 Å². The van der Waals surface area contributed by atoms with E-state index in [4.69, 9.17) is 5.26 Å². The summed E-state index contributed by atoms with van der Waals surface area (Å²) in [5.41, 5.74) is 2.45. The summed E-state index contributed by atoms with van der Waals surface area (Å²) in [5, 5.41) is 12.1. The molecule has 0 radical (unpaired) electrons. The van der Waals surface area contributed by atoms with E-state index in [1.165, 1.54) is 18.4 Å². The lowest BCUT2D eigenvalue weighted by molar-refractivity contribution is 0.647. The lowest BCUT2D eigenvalue weighted by Crippen LogP contribution is -2.12. The highest BCUT2D eigenvalue weighted by atomic mass is 14.9. The summed E-state index contributed by atoms with van der Waals surface area (Å²) >= 11 is 0. The summed E-state index contributed by atoms with van der Waals surface area (Å²) in [6.45, 7) is 1.12. The maximum atomic E-state index is 8.61. The van der Waals surface area contributed by atoms with Crippen molar-refractivity contribution < 1.29 is 0 Å². The molecule has 14 heavy (non-hydrogen) atoms. The molecule has 72 valence electrons. The van der Waals surface area contributed by atoms with Crippen molar-refractivity contribution in [2.75, 3.05) is 6.54 Å². The van der Waals surface area contributed by atoms with E-state index >= 15 is 0 Å². The Balaban J connectivity index is 2.17. The molecule has 0 amide bonds. The van der Waals surface area contributed by atoms with Crippen molar-refractivity contribution in [3.8, 4) is 6.07 Å².